The normalized spacial score (nSPS) is 15.8. The molecule has 0 aliphatic carbocycles. The van der Waals surface area contributed by atoms with Gasteiger partial charge in [0.1, 0.15) is 5.75 Å². The first-order valence-electron chi connectivity index (χ1n) is 8.88. The first-order valence-corrected chi connectivity index (χ1v) is 8.88. The van der Waals surface area contributed by atoms with Crippen molar-refractivity contribution in [3.05, 3.63) is 64.6 Å². The zero-order valence-corrected chi connectivity index (χ0v) is 15.2. The summed E-state index contributed by atoms with van der Waals surface area (Å²) in [5, 5.41) is 5.17. The van der Waals surface area contributed by atoms with E-state index in [9.17, 15) is 14.4 Å². The van der Waals surface area contributed by atoms with Gasteiger partial charge in [0.05, 0.1) is 17.6 Å². The smallest absolute Gasteiger partial charge is 0.279 e. The van der Waals surface area contributed by atoms with Crippen LogP contribution in [0.25, 0.3) is 10.8 Å². The van der Waals surface area contributed by atoms with E-state index >= 15 is 0 Å². The molecule has 28 heavy (non-hydrogen) atoms. The molecule has 1 aliphatic heterocycles. The minimum absolute atomic E-state index is 0.0353. The Kier molecular flexibility index (Phi) is 4.31. The number of nitrogens with zero attached hydrogens (tertiary/aromatic N) is 3. The number of anilines is 1. The Hall–Kier alpha value is -3.68. The number of carbonyl (C=O) groups is 2. The zero-order valence-electron chi connectivity index (χ0n) is 15.2. The van der Waals surface area contributed by atoms with Crippen LogP contribution in [-0.2, 0) is 11.3 Å². The Balaban J connectivity index is 1.89. The van der Waals surface area contributed by atoms with Crippen molar-refractivity contribution < 1.29 is 14.3 Å². The number of nitrogens with two attached hydrogens (primary N) is 1. The average Bonchev–Trinajstić information content (AvgIpc) is 2.73. The Labute approximate surface area is 160 Å². The van der Waals surface area contributed by atoms with Crippen LogP contribution in [-0.4, -0.2) is 34.2 Å². The van der Waals surface area contributed by atoms with Crippen molar-refractivity contribution in [1.82, 2.24) is 9.78 Å². The van der Waals surface area contributed by atoms with E-state index in [0.29, 0.717) is 28.8 Å². The molecule has 1 atom stereocenters. The van der Waals surface area contributed by atoms with Gasteiger partial charge in [0.25, 0.3) is 17.4 Å². The van der Waals surface area contributed by atoms with Crippen LogP contribution >= 0.6 is 0 Å². The van der Waals surface area contributed by atoms with Gasteiger partial charge in [-0.1, -0.05) is 30.3 Å². The van der Waals surface area contributed by atoms with Crippen molar-refractivity contribution in [1.29, 1.82) is 0 Å². The summed E-state index contributed by atoms with van der Waals surface area (Å²) in [6.07, 6.45) is -0.970. The highest BCUT2D eigenvalue weighted by molar-refractivity contribution is 6.13. The van der Waals surface area contributed by atoms with Crippen molar-refractivity contribution in [2.75, 3.05) is 11.4 Å². The summed E-state index contributed by atoms with van der Waals surface area (Å²) in [6.45, 7) is 2.07. The molecule has 142 valence electrons. The summed E-state index contributed by atoms with van der Waals surface area (Å²) in [6, 6.07) is 13.8. The molecule has 0 spiro atoms. The Morgan fingerprint density at radius 3 is 2.54 bits per heavy atom. The number of aryl methyl sites for hydroxylation is 1. The molecule has 2 N–H and O–H groups in total. The molecule has 0 saturated heterocycles. The maximum Gasteiger partial charge on any atom is 0.279 e. The number of hydrogen-bond donors (Lipinski definition) is 1. The number of ether oxygens (including phenoxy) is 1. The molecule has 2 aromatic carbocycles. The lowest BCUT2D eigenvalue weighted by Crippen LogP contribution is -2.49. The molecule has 1 aliphatic rings. The van der Waals surface area contributed by atoms with Gasteiger partial charge >= 0.3 is 0 Å². The van der Waals surface area contributed by atoms with Gasteiger partial charge in [-0.15, -0.1) is 0 Å². The second-order valence-corrected chi connectivity index (χ2v) is 6.41. The summed E-state index contributed by atoms with van der Waals surface area (Å²) in [4.78, 5) is 39.2. The molecule has 4 rings (SSSR count). The van der Waals surface area contributed by atoms with Gasteiger partial charge in [0.2, 0.25) is 0 Å². The maximum absolute atomic E-state index is 13.5. The van der Waals surface area contributed by atoms with Crippen LogP contribution < -0.4 is 20.9 Å². The summed E-state index contributed by atoms with van der Waals surface area (Å²) in [7, 11) is 0. The molecular weight excluding hydrogens is 360 g/mol. The summed E-state index contributed by atoms with van der Waals surface area (Å²) in [5.41, 5.74) is 5.82. The summed E-state index contributed by atoms with van der Waals surface area (Å²) >= 11 is 0. The molecule has 1 aromatic heterocycles. The fourth-order valence-electron chi connectivity index (χ4n) is 3.31. The third kappa shape index (κ3) is 2.79. The van der Waals surface area contributed by atoms with E-state index in [-0.39, 0.29) is 17.8 Å². The maximum atomic E-state index is 13.5. The van der Waals surface area contributed by atoms with Crippen molar-refractivity contribution in [2.24, 2.45) is 5.73 Å². The summed E-state index contributed by atoms with van der Waals surface area (Å²) in [5.74, 6) is -0.705. The molecule has 3 aromatic rings. The van der Waals surface area contributed by atoms with Gasteiger partial charge in [-0.25, -0.2) is 4.68 Å². The standard InChI is InChI=1S/C20H18N4O4/c1-2-24-19(26)13-8-4-3-7-12(13)17(22-24)20(27)23-11-16(18(21)25)28-15-10-6-5-9-14(15)23/h3-10,16H,2,11H2,1H3,(H2,21,25)/t16-/m0/s1. The molecule has 8 nitrogen and oxygen atoms in total. The largest absolute Gasteiger partial charge is 0.477 e. The number of carbonyl (C=O) groups excluding carboxylic acids is 2. The van der Waals surface area contributed by atoms with E-state index in [1.54, 1.807) is 55.5 Å². The van der Waals surface area contributed by atoms with E-state index in [4.69, 9.17) is 10.5 Å². The molecule has 8 heteroatoms. The van der Waals surface area contributed by atoms with Gasteiger partial charge in [-0.3, -0.25) is 19.3 Å². The van der Waals surface area contributed by atoms with Crippen molar-refractivity contribution in [3.8, 4) is 5.75 Å². The fraction of sp³-hybridized carbons (Fsp3) is 0.200. The molecule has 0 unspecified atom stereocenters. The molecule has 2 amide bonds. The lowest BCUT2D eigenvalue weighted by molar-refractivity contribution is -0.124. The van der Waals surface area contributed by atoms with Crippen molar-refractivity contribution in [2.45, 2.75) is 19.6 Å². The molecule has 0 bridgehead atoms. The average molecular weight is 378 g/mol. The zero-order chi connectivity index (χ0) is 19.8. The predicted molar refractivity (Wildman–Crippen MR) is 103 cm³/mol. The van der Waals surface area contributed by atoms with E-state index in [1.165, 1.54) is 9.58 Å². The van der Waals surface area contributed by atoms with Crippen LogP contribution in [0.3, 0.4) is 0 Å². The lowest BCUT2D eigenvalue weighted by Gasteiger charge is -2.33. The lowest BCUT2D eigenvalue weighted by atomic mass is 10.1. The number of benzene rings is 2. The monoisotopic (exact) mass is 378 g/mol. The number of amides is 2. The molecular formula is C20H18N4O4. The Bertz CT molecular complexity index is 1150. The van der Waals surface area contributed by atoms with Crippen LogP contribution in [0, 0.1) is 0 Å². The number of aromatic nitrogens is 2. The van der Waals surface area contributed by atoms with Crippen LogP contribution in [0.4, 0.5) is 5.69 Å². The highest BCUT2D eigenvalue weighted by Crippen LogP contribution is 2.34. The molecule has 0 radical (unpaired) electrons. The first kappa shape index (κ1) is 17.7. The number of rotatable bonds is 3. The van der Waals surface area contributed by atoms with Crippen LogP contribution in [0.1, 0.15) is 17.4 Å². The molecule has 0 saturated carbocycles. The summed E-state index contributed by atoms with van der Waals surface area (Å²) < 4.78 is 6.87. The second-order valence-electron chi connectivity index (χ2n) is 6.41. The highest BCUT2D eigenvalue weighted by atomic mass is 16.5. The van der Waals surface area contributed by atoms with Crippen LogP contribution in [0.2, 0.25) is 0 Å². The van der Waals surface area contributed by atoms with Crippen molar-refractivity contribution in [3.63, 3.8) is 0 Å². The first-order chi connectivity index (χ1) is 13.5. The number of primary amides is 1. The van der Waals surface area contributed by atoms with Crippen LogP contribution in [0.15, 0.2) is 53.3 Å². The number of fused-ring (bicyclic) bond motifs is 2. The third-order valence-electron chi connectivity index (χ3n) is 4.71. The van der Waals surface area contributed by atoms with E-state index in [1.807, 2.05) is 0 Å². The number of hydrogen-bond acceptors (Lipinski definition) is 5. The Morgan fingerprint density at radius 2 is 1.82 bits per heavy atom. The topological polar surface area (TPSA) is 108 Å². The van der Waals surface area contributed by atoms with Gasteiger partial charge in [-0.05, 0) is 25.1 Å². The van der Waals surface area contributed by atoms with Gasteiger partial charge in [0.15, 0.2) is 11.8 Å². The van der Waals surface area contributed by atoms with Gasteiger partial charge in [0, 0.05) is 11.9 Å². The van der Waals surface area contributed by atoms with Crippen LogP contribution in [0.5, 0.6) is 5.75 Å². The SMILES string of the molecule is CCn1nc(C(=O)N2C[C@@H](C(N)=O)Oc3ccccc32)c2ccccc2c1=O. The minimum atomic E-state index is -0.970. The number of para-hydroxylation sites is 2. The third-order valence-corrected chi connectivity index (χ3v) is 4.71. The Morgan fingerprint density at radius 1 is 1.14 bits per heavy atom. The molecule has 2 heterocycles. The second kappa shape index (κ2) is 6.80. The van der Waals surface area contributed by atoms with Gasteiger partial charge < -0.3 is 10.5 Å². The van der Waals surface area contributed by atoms with Crippen molar-refractivity contribution >= 4 is 28.3 Å². The van der Waals surface area contributed by atoms with E-state index in [0.717, 1.165) is 0 Å². The predicted octanol–water partition coefficient (Wildman–Crippen LogP) is 1.31. The van der Waals surface area contributed by atoms with E-state index in [2.05, 4.69) is 5.10 Å². The minimum Gasteiger partial charge on any atom is -0.477 e. The van der Waals surface area contributed by atoms with E-state index < -0.39 is 17.9 Å². The quantitative estimate of drug-likeness (QED) is 0.739. The van der Waals surface area contributed by atoms with Gasteiger partial charge in [-0.2, -0.15) is 5.10 Å². The molecule has 0 fully saturated rings. The highest BCUT2D eigenvalue weighted by Gasteiger charge is 2.34. The fourth-order valence-corrected chi connectivity index (χ4v) is 3.31.